The Bertz CT molecular complexity index is 252. The number of carbonyl (C=O) groups is 1. The lowest BCUT2D eigenvalue weighted by Gasteiger charge is -1.92. The van der Waals surface area contributed by atoms with E-state index in [0.29, 0.717) is 12.3 Å². The molecule has 11 heavy (non-hydrogen) atoms. The Balaban J connectivity index is 2.73. The van der Waals surface area contributed by atoms with E-state index in [9.17, 15) is 4.79 Å². The van der Waals surface area contributed by atoms with E-state index in [1.807, 2.05) is 6.07 Å². The summed E-state index contributed by atoms with van der Waals surface area (Å²) in [6.45, 7) is 2.05. The summed E-state index contributed by atoms with van der Waals surface area (Å²) in [5.41, 5.74) is 1.56. The molecule has 0 aliphatic carbocycles. The highest BCUT2D eigenvalue weighted by molar-refractivity contribution is 5.92. The summed E-state index contributed by atoms with van der Waals surface area (Å²) in [4.78, 5) is 13.7. The highest BCUT2D eigenvalue weighted by Crippen LogP contribution is 2.03. The molecule has 0 fully saturated rings. The molecule has 1 rings (SSSR count). The first-order chi connectivity index (χ1) is 5.24. The van der Waals surface area contributed by atoms with Crippen LogP contribution >= 0.6 is 0 Å². The second kappa shape index (κ2) is 3.34. The predicted octanol–water partition coefficient (Wildman–Crippen LogP) is 1.36. The van der Waals surface area contributed by atoms with Gasteiger partial charge in [0.1, 0.15) is 0 Å². The van der Waals surface area contributed by atoms with Gasteiger partial charge in [-0.25, -0.2) is 0 Å². The fourth-order valence-corrected chi connectivity index (χ4v) is 0.885. The highest BCUT2D eigenvalue weighted by Gasteiger charge is 2.01. The van der Waals surface area contributed by atoms with Gasteiger partial charge in [-0.3, -0.25) is 4.79 Å². The molecule has 60 valence electrons. The van der Waals surface area contributed by atoms with Crippen molar-refractivity contribution in [1.82, 2.24) is 4.98 Å². The van der Waals surface area contributed by atoms with Gasteiger partial charge in [0.2, 0.25) is 0 Å². The zero-order valence-electron chi connectivity index (χ0n) is 6.68. The number of hydrogen-bond acceptors (Lipinski definition) is 2. The number of nitrogens with one attached hydrogen (secondary N) is 1. The Kier molecular flexibility index (Phi) is 2.44. The van der Waals surface area contributed by atoms with Crippen LogP contribution in [0.15, 0.2) is 12.1 Å². The van der Waals surface area contributed by atoms with Crippen LogP contribution in [0.2, 0.25) is 0 Å². The summed E-state index contributed by atoms with van der Waals surface area (Å²) in [6.07, 6.45) is 0. The molecule has 0 amide bonds. The van der Waals surface area contributed by atoms with Gasteiger partial charge in [0, 0.05) is 19.7 Å². The van der Waals surface area contributed by atoms with Gasteiger partial charge in [-0.1, -0.05) is 0 Å². The third-order valence-electron chi connectivity index (χ3n) is 1.43. The van der Waals surface area contributed by atoms with E-state index >= 15 is 0 Å². The molecule has 1 aromatic rings. The summed E-state index contributed by atoms with van der Waals surface area (Å²) in [7, 11) is 1.62. The summed E-state index contributed by atoms with van der Waals surface area (Å²) in [6, 6.07) is 3.61. The number of aromatic amines is 1. The van der Waals surface area contributed by atoms with Gasteiger partial charge in [0.15, 0.2) is 5.78 Å². The van der Waals surface area contributed by atoms with Crippen LogP contribution in [-0.2, 0) is 11.3 Å². The Morgan fingerprint density at radius 3 is 2.82 bits per heavy atom. The van der Waals surface area contributed by atoms with E-state index in [1.165, 1.54) is 6.92 Å². The highest BCUT2D eigenvalue weighted by atomic mass is 16.5. The smallest absolute Gasteiger partial charge is 0.175 e. The minimum Gasteiger partial charge on any atom is -0.378 e. The molecule has 3 heteroatoms. The topological polar surface area (TPSA) is 42.1 Å². The van der Waals surface area contributed by atoms with Crippen molar-refractivity contribution in [2.24, 2.45) is 0 Å². The number of Topliss-reactive ketones (excluding diaryl/α,β-unsaturated/α-hetero) is 1. The molecule has 1 N–H and O–H groups in total. The molecule has 1 heterocycles. The Morgan fingerprint density at radius 1 is 1.64 bits per heavy atom. The summed E-state index contributed by atoms with van der Waals surface area (Å²) >= 11 is 0. The zero-order chi connectivity index (χ0) is 8.27. The van der Waals surface area contributed by atoms with Crippen molar-refractivity contribution in [3.63, 3.8) is 0 Å². The third-order valence-corrected chi connectivity index (χ3v) is 1.43. The molecule has 0 aliphatic heterocycles. The van der Waals surface area contributed by atoms with Crippen molar-refractivity contribution in [3.8, 4) is 0 Å². The monoisotopic (exact) mass is 153 g/mol. The summed E-state index contributed by atoms with van der Waals surface area (Å²) < 4.78 is 4.88. The number of ether oxygens (including phenoxy) is 1. The molecule has 0 atom stereocenters. The van der Waals surface area contributed by atoms with E-state index in [0.717, 1.165) is 5.69 Å². The van der Waals surface area contributed by atoms with Crippen molar-refractivity contribution >= 4 is 5.78 Å². The van der Waals surface area contributed by atoms with E-state index in [4.69, 9.17) is 4.74 Å². The molecule has 3 nitrogen and oxygen atoms in total. The number of ketones is 1. The van der Waals surface area contributed by atoms with Gasteiger partial charge in [0.05, 0.1) is 12.3 Å². The fourth-order valence-electron chi connectivity index (χ4n) is 0.885. The summed E-state index contributed by atoms with van der Waals surface area (Å²) in [5, 5.41) is 0. The van der Waals surface area contributed by atoms with E-state index < -0.39 is 0 Å². The molecule has 0 spiro atoms. The maximum atomic E-state index is 10.8. The fraction of sp³-hybridized carbons (Fsp3) is 0.375. The molecule has 0 saturated heterocycles. The van der Waals surface area contributed by atoms with E-state index in [1.54, 1.807) is 13.2 Å². The average Bonchev–Trinajstić information content (AvgIpc) is 2.37. The minimum absolute atomic E-state index is 0.0485. The van der Waals surface area contributed by atoms with Crippen molar-refractivity contribution in [2.75, 3.05) is 7.11 Å². The number of methoxy groups -OCH3 is 1. The molecule has 0 aliphatic rings. The predicted molar refractivity (Wildman–Crippen MR) is 41.5 cm³/mol. The standard InChI is InChI=1S/C8H11NO2/c1-6(10)8-4-3-7(9-8)5-11-2/h3-4,9H,5H2,1-2H3. The lowest BCUT2D eigenvalue weighted by molar-refractivity contribution is 0.101. The maximum absolute atomic E-state index is 10.8. The van der Waals surface area contributed by atoms with Gasteiger partial charge in [-0.2, -0.15) is 0 Å². The molecule has 0 saturated carbocycles. The van der Waals surface area contributed by atoms with Crippen LogP contribution < -0.4 is 0 Å². The second-order valence-corrected chi connectivity index (χ2v) is 2.39. The van der Waals surface area contributed by atoms with Gasteiger partial charge in [0.25, 0.3) is 0 Å². The average molecular weight is 153 g/mol. The van der Waals surface area contributed by atoms with Crippen LogP contribution in [0, 0.1) is 0 Å². The lowest BCUT2D eigenvalue weighted by Crippen LogP contribution is -1.93. The maximum Gasteiger partial charge on any atom is 0.175 e. The largest absolute Gasteiger partial charge is 0.378 e. The van der Waals surface area contributed by atoms with Gasteiger partial charge in [-0.15, -0.1) is 0 Å². The number of carbonyl (C=O) groups excluding carboxylic acids is 1. The van der Waals surface area contributed by atoms with Crippen molar-refractivity contribution in [2.45, 2.75) is 13.5 Å². The zero-order valence-corrected chi connectivity index (χ0v) is 6.68. The lowest BCUT2D eigenvalue weighted by atomic mass is 10.3. The van der Waals surface area contributed by atoms with Crippen LogP contribution in [-0.4, -0.2) is 17.9 Å². The molecule has 0 aromatic carbocycles. The van der Waals surface area contributed by atoms with E-state index in [-0.39, 0.29) is 5.78 Å². The first kappa shape index (κ1) is 8.01. The Hall–Kier alpha value is -1.09. The quantitative estimate of drug-likeness (QED) is 0.666. The molecule has 0 bridgehead atoms. The number of H-pyrrole nitrogens is 1. The van der Waals surface area contributed by atoms with Crippen LogP contribution in [0.5, 0.6) is 0 Å². The first-order valence-electron chi connectivity index (χ1n) is 3.42. The Labute approximate surface area is 65.4 Å². The normalized spacial score (nSPS) is 10.0. The van der Waals surface area contributed by atoms with Crippen LogP contribution in [0.3, 0.4) is 0 Å². The van der Waals surface area contributed by atoms with E-state index in [2.05, 4.69) is 4.98 Å². The molecule has 0 unspecified atom stereocenters. The second-order valence-electron chi connectivity index (χ2n) is 2.39. The molecule has 0 radical (unpaired) electrons. The Morgan fingerprint density at radius 2 is 2.36 bits per heavy atom. The number of hydrogen-bond donors (Lipinski definition) is 1. The SMILES string of the molecule is COCc1ccc(C(C)=O)[nH]1. The van der Waals surface area contributed by atoms with Gasteiger partial charge < -0.3 is 9.72 Å². The molecule has 1 aromatic heterocycles. The summed E-state index contributed by atoms with van der Waals surface area (Å²) in [5.74, 6) is 0.0485. The van der Waals surface area contributed by atoms with Crippen molar-refractivity contribution in [3.05, 3.63) is 23.5 Å². The third kappa shape index (κ3) is 1.91. The van der Waals surface area contributed by atoms with Crippen LogP contribution in [0.4, 0.5) is 0 Å². The van der Waals surface area contributed by atoms with Crippen molar-refractivity contribution < 1.29 is 9.53 Å². The minimum atomic E-state index is 0.0485. The van der Waals surface area contributed by atoms with Crippen LogP contribution in [0.25, 0.3) is 0 Å². The van der Waals surface area contributed by atoms with Gasteiger partial charge >= 0.3 is 0 Å². The molecular weight excluding hydrogens is 142 g/mol. The van der Waals surface area contributed by atoms with Gasteiger partial charge in [-0.05, 0) is 12.1 Å². The number of rotatable bonds is 3. The molecular formula is C8H11NO2. The first-order valence-corrected chi connectivity index (χ1v) is 3.42. The van der Waals surface area contributed by atoms with Crippen LogP contribution in [0.1, 0.15) is 23.1 Å². The van der Waals surface area contributed by atoms with Crippen molar-refractivity contribution in [1.29, 1.82) is 0 Å². The number of aromatic nitrogens is 1.